The third-order valence-corrected chi connectivity index (χ3v) is 4.92. The maximum absolute atomic E-state index is 12.3. The van der Waals surface area contributed by atoms with E-state index >= 15 is 0 Å². The lowest BCUT2D eigenvalue weighted by molar-refractivity contribution is 0.0600. The van der Waals surface area contributed by atoms with Crippen molar-refractivity contribution < 1.29 is 14.3 Å². The van der Waals surface area contributed by atoms with Crippen LogP contribution in [0.5, 0.6) is 0 Å². The van der Waals surface area contributed by atoms with Gasteiger partial charge in [0.05, 0.1) is 12.7 Å². The van der Waals surface area contributed by atoms with Crippen LogP contribution in [0.25, 0.3) is 0 Å². The second-order valence-electron chi connectivity index (χ2n) is 5.58. The third kappa shape index (κ3) is 3.56. The van der Waals surface area contributed by atoms with Crippen LogP contribution in [0.3, 0.4) is 0 Å². The number of nitrogens with zero attached hydrogens (tertiary/aromatic N) is 2. The number of methoxy groups -OCH3 is 1. The maximum atomic E-state index is 12.3. The minimum absolute atomic E-state index is 0.141. The summed E-state index contributed by atoms with van der Waals surface area (Å²) in [5.41, 5.74) is 0.959. The van der Waals surface area contributed by atoms with E-state index in [1.54, 1.807) is 41.8 Å². The summed E-state index contributed by atoms with van der Waals surface area (Å²) >= 11 is 1.62. The molecular weight excluding hydrogens is 326 g/mol. The Labute approximate surface area is 144 Å². The van der Waals surface area contributed by atoms with Gasteiger partial charge in [-0.05, 0) is 37.1 Å². The van der Waals surface area contributed by atoms with Crippen molar-refractivity contribution >= 4 is 28.3 Å². The number of ether oxygens (including phenoxy) is 1. The molecular formula is C17H19N3O3S. The van der Waals surface area contributed by atoms with Gasteiger partial charge in [0, 0.05) is 36.3 Å². The smallest absolute Gasteiger partial charge is 0.337 e. The Morgan fingerprint density at radius 2 is 2.08 bits per heavy atom. The molecule has 6 nitrogen and oxygen atoms in total. The van der Waals surface area contributed by atoms with E-state index in [0.717, 1.165) is 24.5 Å². The standard InChI is InChI=1S/C17H19N3O3S/c1-23-16(22)13-6-4-12(5-7-13)15(21)19-11-14-3-2-9-20(14)17-18-8-10-24-17/h4-8,10,14H,2-3,9,11H2,1H3,(H,19,21). The van der Waals surface area contributed by atoms with Crippen molar-refractivity contribution in [2.24, 2.45) is 0 Å². The number of carbonyl (C=O) groups is 2. The summed E-state index contributed by atoms with van der Waals surface area (Å²) in [7, 11) is 1.33. The number of amides is 1. The van der Waals surface area contributed by atoms with E-state index in [1.807, 2.05) is 5.38 Å². The number of anilines is 1. The van der Waals surface area contributed by atoms with Gasteiger partial charge < -0.3 is 15.0 Å². The van der Waals surface area contributed by atoms with E-state index in [0.29, 0.717) is 17.7 Å². The molecule has 0 bridgehead atoms. The van der Waals surface area contributed by atoms with Gasteiger partial charge in [-0.25, -0.2) is 9.78 Å². The number of aromatic nitrogens is 1. The molecule has 2 aromatic rings. The van der Waals surface area contributed by atoms with Crippen LogP contribution in [-0.4, -0.2) is 43.1 Å². The Morgan fingerprint density at radius 1 is 1.33 bits per heavy atom. The van der Waals surface area contributed by atoms with Crippen molar-refractivity contribution in [2.75, 3.05) is 25.1 Å². The lowest BCUT2D eigenvalue weighted by atomic mass is 10.1. The normalized spacial score (nSPS) is 16.9. The Hall–Kier alpha value is -2.41. The Kier molecular flexibility index (Phi) is 5.10. The van der Waals surface area contributed by atoms with Gasteiger partial charge in [0.2, 0.25) is 0 Å². The third-order valence-electron chi connectivity index (χ3n) is 4.11. The summed E-state index contributed by atoms with van der Waals surface area (Å²) in [6.45, 7) is 1.55. The van der Waals surface area contributed by atoms with Crippen LogP contribution >= 0.6 is 11.3 Å². The average molecular weight is 345 g/mol. The molecule has 1 unspecified atom stereocenters. The van der Waals surface area contributed by atoms with Crippen molar-refractivity contribution in [2.45, 2.75) is 18.9 Å². The average Bonchev–Trinajstić information content (AvgIpc) is 3.30. The van der Waals surface area contributed by atoms with Crippen molar-refractivity contribution in [1.29, 1.82) is 0 Å². The highest BCUT2D eigenvalue weighted by molar-refractivity contribution is 7.13. The predicted octanol–water partition coefficient (Wildman–Crippen LogP) is 2.33. The zero-order chi connectivity index (χ0) is 16.9. The second kappa shape index (κ2) is 7.44. The molecule has 1 saturated heterocycles. The Bertz CT molecular complexity index is 700. The Balaban J connectivity index is 1.58. The molecule has 0 spiro atoms. The molecule has 1 amide bonds. The monoisotopic (exact) mass is 345 g/mol. The van der Waals surface area contributed by atoms with Crippen LogP contribution in [0.2, 0.25) is 0 Å². The fraction of sp³-hybridized carbons (Fsp3) is 0.353. The van der Waals surface area contributed by atoms with Gasteiger partial charge in [0.25, 0.3) is 5.91 Å². The van der Waals surface area contributed by atoms with Crippen molar-refractivity contribution in [3.63, 3.8) is 0 Å². The van der Waals surface area contributed by atoms with Crippen LogP contribution in [0, 0.1) is 0 Å². The molecule has 3 rings (SSSR count). The molecule has 1 aromatic heterocycles. The van der Waals surface area contributed by atoms with Gasteiger partial charge in [0.1, 0.15) is 0 Å². The summed E-state index contributed by atoms with van der Waals surface area (Å²) in [4.78, 5) is 30.3. The number of nitrogens with one attached hydrogen (secondary N) is 1. The van der Waals surface area contributed by atoms with Crippen molar-refractivity contribution in [3.05, 3.63) is 47.0 Å². The van der Waals surface area contributed by atoms with E-state index in [1.165, 1.54) is 7.11 Å². The van der Waals surface area contributed by atoms with Gasteiger partial charge >= 0.3 is 5.97 Å². The molecule has 7 heteroatoms. The summed E-state index contributed by atoms with van der Waals surface area (Å²) in [6.07, 6.45) is 3.95. The highest BCUT2D eigenvalue weighted by atomic mass is 32.1. The molecule has 126 valence electrons. The van der Waals surface area contributed by atoms with E-state index in [-0.39, 0.29) is 11.9 Å². The first-order valence-corrected chi connectivity index (χ1v) is 8.69. The van der Waals surface area contributed by atoms with Crippen LogP contribution in [0.4, 0.5) is 5.13 Å². The number of hydrogen-bond acceptors (Lipinski definition) is 6. The van der Waals surface area contributed by atoms with Crippen LogP contribution in [0.1, 0.15) is 33.6 Å². The summed E-state index contributed by atoms with van der Waals surface area (Å²) in [6, 6.07) is 6.73. The molecule has 0 saturated carbocycles. The number of esters is 1. The lowest BCUT2D eigenvalue weighted by Crippen LogP contribution is -2.40. The maximum Gasteiger partial charge on any atom is 0.337 e. The first kappa shape index (κ1) is 16.4. The topological polar surface area (TPSA) is 71.5 Å². The van der Waals surface area contributed by atoms with E-state index in [2.05, 4.69) is 19.9 Å². The zero-order valence-electron chi connectivity index (χ0n) is 13.4. The molecule has 1 aromatic carbocycles. The Morgan fingerprint density at radius 3 is 2.75 bits per heavy atom. The summed E-state index contributed by atoms with van der Waals surface area (Å²) in [5.74, 6) is -0.551. The number of benzene rings is 1. The summed E-state index contributed by atoms with van der Waals surface area (Å²) < 4.78 is 4.65. The summed E-state index contributed by atoms with van der Waals surface area (Å²) in [5, 5.41) is 5.95. The van der Waals surface area contributed by atoms with Gasteiger partial charge in [-0.3, -0.25) is 4.79 Å². The molecule has 0 aliphatic carbocycles. The first-order chi connectivity index (χ1) is 11.7. The van der Waals surface area contributed by atoms with Gasteiger partial charge in [-0.2, -0.15) is 0 Å². The quantitative estimate of drug-likeness (QED) is 0.842. The zero-order valence-corrected chi connectivity index (χ0v) is 14.2. The SMILES string of the molecule is COC(=O)c1ccc(C(=O)NCC2CCCN2c2nccs2)cc1. The molecule has 0 radical (unpaired) electrons. The first-order valence-electron chi connectivity index (χ1n) is 7.82. The molecule has 24 heavy (non-hydrogen) atoms. The van der Waals surface area contributed by atoms with Crippen LogP contribution < -0.4 is 10.2 Å². The molecule has 1 fully saturated rings. The molecule has 1 atom stereocenters. The minimum atomic E-state index is -0.410. The number of thiazole rings is 1. The number of hydrogen-bond donors (Lipinski definition) is 1. The van der Waals surface area contributed by atoms with E-state index in [9.17, 15) is 9.59 Å². The van der Waals surface area contributed by atoms with E-state index < -0.39 is 5.97 Å². The fourth-order valence-electron chi connectivity index (χ4n) is 2.85. The number of carbonyl (C=O) groups excluding carboxylic acids is 2. The van der Waals surface area contributed by atoms with Crippen LogP contribution in [-0.2, 0) is 4.74 Å². The largest absolute Gasteiger partial charge is 0.465 e. The van der Waals surface area contributed by atoms with Crippen LogP contribution in [0.15, 0.2) is 35.8 Å². The minimum Gasteiger partial charge on any atom is -0.465 e. The van der Waals surface area contributed by atoms with Gasteiger partial charge in [-0.1, -0.05) is 0 Å². The van der Waals surface area contributed by atoms with Crippen molar-refractivity contribution in [1.82, 2.24) is 10.3 Å². The predicted molar refractivity (Wildman–Crippen MR) is 92.6 cm³/mol. The van der Waals surface area contributed by atoms with Crippen molar-refractivity contribution in [3.8, 4) is 0 Å². The fourth-order valence-corrected chi connectivity index (χ4v) is 3.59. The van der Waals surface area contributed by atoms with Gasteiger partial charge in [0.15, 0.2) is 5.13 Å². The molecule has 1 aliphatic heterocycles. The van der Waals surface area contributed by atoms with Gasteiger partial charge in [-0.15, -0.1) is 11.3 Å². The number of rotatable bonds is 5. The van der Waals surface area contributed by atoms with E-state index in [4.69, 9.17) is 0 Å². The molecule has 1 N–H and O–H groups in total. The highest BCUT2D eigenvalue weighted by Gasteiger charge is 2.26. The molecule has 2 heterocycles. The highest BCUT2D eigenvalue weighted by Crippen LogP contribution is 2.26. The molecule has 1 aliphatic rings. The lowest BCUT2D eigenvalue weighted by Gasteiger charge is -2.24. The second-order valence-corrected chi connectivity index (χ2v) is 6.46.